The Morgan fingerprint density at radius 2 is 1.86 bits per heavy atom. The first kappa shape index (κ1) is 20.3. The van der Waals surface area contributed by atoms with Crippen LogP contribution in [-0.4, -0.2) is 39.2 Å². The summed E-state index contributed by atoms with van der Waals surface area (Å²) in [7, 11) is 0. The number of amides is 1. The number of carbonyl (C=O) groups excluding carboxylic acids is 1. The molecule has 0 unspecified atom stereocenters. The Balaban J connectivity index is 1.82. The van der Waals surface area contributed by atoms with E-state index in [1.54, 1.807) is 30.3 Å². The van der Waals surface area contributed by atoms with Crippen LogP contribution in [0.4, 0.5) is 0 Å². The Morgan fingerprint density at radius 3 is 2.54 bits per heavy atom. The smallest absolute Gasteiger partial charge is 0.355 e. The highest BCUT2D eigenvalue weighted by Gasteiger charge is 2.28. The molecule has 1 aromatic heterocycles. The van der Waals surface area contributed by atoms with Gasteiger partial charge in [-0.3, -0.25) is 4.79 Å². The van der Waals surface area contributed by atoms with E-state index in [2.05, 4.69) is 10.3 Å². The summed E-state index contributed by atoms with van der Waals surface area (Å²) in [6, 6.07) is 8.04. The molecule has 0 aliphatic heterocycles. The van der Waals surface area contributed by atoms with Gasteiger partial charge in [0.2, 0.25) is 0 Å². The molecule has 1 saturated carbocycles. The van der Waals surface area contributed by atoms with Gasteiger partial charge in [-0.05, 0) is 36.6 Å². The van der Waals surface area contributed by atoms with E-state index in [1.165, 1.54) is 6.20 Å². The monoisotopic (exact) mass is 402 g/mol. The Morgan fingerprint density at radius 1 is 1.14 bits per heavy atom. The molecule has 0 atom stereocenters. The van der Waals surface area contributed by atoms with Crippen molar-refractivity contribution in [2.75, 3.05) is 6.54 Å². The molecule has 1 aliphatic rings. The molecule has 0 saturated heterocycles. The number of nitrogens with zero attached hydrogens (tertiary/aromatic N) is 1. The van der Waals surface area contributed by atoms with E-state index in [4.69, 9.17) is 11.6 Å². The topological polar surface area (TPSA) is 99.5 Å². The summed E-state index contributed by atoms with van der Waals surface area (Å²) in [4.78, 5) is 28.0. The van der Waals surface area contributed by atoms with Crippen LogP contribution < -0.4 is 5.32 Å². The van der Waals surface area contributed by atoms with Crippen molar-refractivity contribution < 1.29 is 19.8 Å². The zero-order valence-corrected chi connectivity index (χ0v) is 16.2. The summed E-state index contributed by atoms with van der Waals surface area (Å²) in [5, 5.41) is 23.1. The summed E-state index contributed by atoms with van der Waals surface area (Å²) in [6.45, 7) is 0.166. The quantitative estimate of drug-likeness (QED) is 0.658. The number of rotatable bonds is 5. The second-order valence-electron chi connectivity index (χ2n) is 7.22. The molecule has 3 rings (SSSR count). The van der Waals surface area contributed by atoms with E-state index in [0.717, 1.165) is 25.7 Å². The summed E-state index contributed by atoms with van der Waals surface area (Å²) >= 11 is 6.21. The first-order valence-corrected chi connectivity index (χ1v) is 9.76. The Hall–Kier alpha value is -2.44. The highest BCUT2D eigenvalue weighted by Crippen LogP contribution is 2.29. The molecule has 1 aliphatic carbocycles. The molecule has 1 aromatic carbocycles. The molecule has 7 heteroatoms. The second kappa shape index (κ2) is 8.71. The number of carboxylic acid groups (broad SMARTS) is 1. The number of carboxylic acids is 1. The number of pyridine rings is 1. The lowest BCUT2D eigenvalue weighted by Gasteiger charge is -2.27. The van der Waals surface area contributed by atoms with Gasteiger partial charge >= 0.3 is 5.97 Å². The SMILES string of the molecule is O=C(NCC1(O)CCCCCC1)c1cc(-c2cccnc2C(=O)O)ccc1Cl. The maximum absolute atomic E-state index is 12.7. The fourth-order valence-corrected chi connectivity index (χ4v) is 3.78. The average molecular weight is 403 g/mol. The number of carbonyl (C=O) groups is 2. The highest BCUT2D eigenvalue weighted by molar-refractivity contribution is 6.34. The third-order valence-corrected chi connectivity index (χ3v) is 5.47. The highest BCUT2D eigenvalue weighted by atomic mass is 35.5. The lowest BCUT2D eigenvalue weighted by molar-refractivity contribution is 0.0246. The van der Waals surface area contributed by atoms with Crippen molar-refractivity contribution >= 4 is 23.5 Å². The van der Waals surface area contributed by atoms with Crippen molar-refractivity contribution in [3.63, 3.8) is 0 Å². The van der Waals surface area contributed by atoms with Crippen LogP contribution in [0.25, 0.3) is 11.1 Å². The molecule has 0 spiro atoms. The van der Waals surface area contributed by atoms with Crippen molar-refractivity contribution in [3.05, 3.63) is 52.8 Å². The third-order valence-electron chi connectivity index (χ3n) is 5.14. The molecule has 0 bridgehead atoms. The Labute approximate surface area is 168 Å². The van der Waals surface area contributed by atoms with Crippen molar-refractivity contribution in [2.24, 2.45) is 0 Å². The van der Waals surface area contributed by atoms with Crippen LogP contribution >= 0.6 is 11.6 Å². The predicted molar refractivity (Wildman–Crippen MR) is 107 cm³/mol. The van der Waals surface area contributed by atoms with Crippen LogP contribution in [0.5, 0.6) is 0 Å². The molecule has 1 heterocycles. The van der Waals surface area contributed by atoms with Crippen molar-refractivity contribution in [2.45, 2.75) is 44.1 Å². The largest absolute Gasteiger partial charge is 0.476 e. The minimum absolute atomic E-state index is 0.0936. The van der Waals surface area contributed by atoms with E-state index < -0.39 is 17.5 Å². The number of hydrogen-bond acceptors (Lipinski definition) is 4. The van der Waals surface area contributed by atoms with Gasteiger partial charge in [0.05, 0.1) is 16.2 Å². The lowest BCUT2D eigenvalue weighted by atomic mass is 9.94. The lowest BCUT2D eigenvalue weighted by Crippen LogP contribution is -2.42. The number of benzene rings is 1. The minimum Gasteiger partial charge on any atom is -0.476 e. The molecule has 28 heavy (non-hydrogen) atoms. The molecule has 6 nitrogen and oxygen atoms in total. The van der Waals surface area contributed by atoms with E-state index in [1.807, 2.05) is 0 Å². The summed E-state index contributed by atoms with van der Waals surface area (Å²) in [5.41, 5.74) is 0.188. The molecular formula is C21H23ClN2O4. The molecule has 1 fully saturated rings. The van der Waals surface area contributed by atoms with Gasteiger partial charge in [0.25, 0.3) is 5.91 Å². The van der Waals surface area contributed by atoms with Gasteiger partial charge in [0, 0.05) is 18.3 Å². The van der Waals surface area contributed by atoms with Crippen molar-refractivity contribution in [3.8, 4) is 11.1 Å². The van der Waals surface area contributed by atoms with Crippen molar-refractivity contribution in [1.29, 1.82) is 0 Å². The standard InChI is InChI=1S/C21H23ClN2O4/c22-17-8-7-14(15-6-5-11-23-18(15)20(26)27)12-16(17)19(25)24-13-21(28)9-3-1-2-4-10-21/h5-8,11-12,28H,1-4,9-10,13H2,(H,24,25)(H,26,27). The molecule has 148 valence electrons. The Bertz CT molecular complexity index is 876. The maximum Gasteiger partial charge on any atom is 0.355 e. The van der Waals surface area contributed by atoms with Gasteiger partial charge in [-0.1, -0.05) is 49.4 Å². The molecule has 3 N–H and O–H groups in total. The second-order valence-corrected chi connectivity index (χ2v) is 7.63. The zero-order valence-electron chi connectivity index (χ0n) is 15.4. The number of aromatic nitrogens is 1. The van der Waals surface area contributed by atoms with Gasteiger partial charge < -0.3 is 15.5 Å². The van der Waals surface area contributed by atoms with Gasteiger partial charge in [-0.2, -0.15) is 0 Å². The zero-order chi connectivity index (χ0) is 20.1. The van der Waals surface area contributed by atoms with E-state index in [0.29, 0.717) is 24.0 Å². The third kappa shape index (κ3) is 4.69. The van der Waals surface area contributed by atoms with Gasteiger partial charge in [0.15, 0.2) is 5.69 Å². The summed E-state index contributed by atoms with van der Waals surface area (Å²) in [5.74, 6) is -1.54. The van der Waals surface area contributed by atoms with Gasteiger partial charge in [0.1, 0.15) is 0 Å². The van der Waals surface area contributed by atoms with Gasteiger partial charge in [-0.15, -0.1) is 0 Å². The van der Waals surface area contributed by atoms with Crippen LogP contribution in [0.3, 0.4) is 0 Å². The summed E-state index contributed by atoms with van der Waals surface area (Å²) < 4.78 is 0. The maximum atomic E-state index is 12.7. The van der Waals surface area contributed by atoms with Crippen LogP contribution in [0.15, 0.2) is 36.5 Å². The number of aliphatic hydroxyl groups is 1. The number of nitrogens with one attached hydrogen (secondary N) is 1. The van der Waals surface area contributed by atoms with Crippen LogP contribution in [0.2, 0.25) is 5.02 Å². The Kier molecular flexibility index (Phi) is 6.31. The molecular weight excluding hydrogens is 380 g/mol. The van der Waals surface area contributed by atoms with Gasteiger partial charge in [-0.25, -0.2) is 9.78 Å². The number of halogens is 1. The summed E-state index contributed by atoms with van der Waals surface area (Å²) in [6.07, 6.45) is 6.83. The molecule has 2 aromatic rings. The first-order chi connectivity index (χ1) is 13.4. The molecule has 1 amide bonds. The van der Waals surface area contributed by atoms with E-state index >= 15 is 0 Å². The number of hydrogen-bond donors (Lipinski definition) is 3. The fraction of sp³-hybridized carbons (Fsp3) is 0.381. The van der Waals surface area contributed by atoms with Crippen molar-refractivity contribution in [1.82, 2.24) is 10.3 Å². The first-order valence-electron chi connectivity index (χ1n) is 9.38. The minimum atomic E-state index is -1.15. The van der Waals surface area contributed by atoms with Crippen LogP contribution in [0, 0.1) is 0 Å². The fourth-order valence-electron chi connectivity index (χ4n) is 3.58. The number of aromatic carboxylic acids is 1. The predicted octanol–water partition coefficient (Wildman–Crippen LogP) is 3.92. The van der Waals surface area contributed by atoms with E-state index in [9.17, 15) is 19.8 Å². The van der Waals surface area contributed by atoms with Crippen LogP contribution in [-0.2, 0) is 0 Å². The van der Waals surface area contributed by atoms with E-state index in [-0.39, 0.29) is 22.8 Å². The van der Waals surface area contributed by atoms with Crippen LogP contribution in [0.1, 0.15) is 59.4 Å². The molecule has 0 radical (unpaired) electrons. The average Bonchev–Trinajstić information content (AvgIpc) is 2.91. The normalized spacial score (nSPS) is 16.2.